The first kappa shape index (κ1) is 17.0. The second-order valence-electron chi connectivity index (χ2n) is 5.98. The topological polar surface area (TPSA) is 70.4 Å². The maximum atomic E-state index is 14.0. The second kappa shape index (κ2) is 7.03. The highest BCUT2D eigenvalue weighted by atomic mass is 19.1. The summed E-state index contributed by atoms with van der Waals surface area (Å²) in [4.78, 5) is 24.7. The van der Waals surface area contributed by atoms with Crippen molar-refractivity contribution in [2.24, 2.45) is 0 Å². The molecule has 0 spiro atoms. The molecule has 0 aliphatic carbocycles. The summed E-state index contributed by atoms with van der Waals surface area (Å²) in [5.74, 6) is 0.308. The zero-order chi connectivity index (χ0) is 18.8. The summed E-state index contributed by atoms with van der Waals surface area (Å²) >= 11 is 0. The van der Waals surface area contributed by atoms with Crippen LogP contribution in [0.3, 0.4) is 0 Å². The van der Waals surface area contributed by atoms with E-state index in [0.717, 1.165) is 4.68 Å². The van der Waals surface area contributed by atoms with Gasteiger partial charge in [0.05, 0.1) is 5.69 Å². The summed E-state index contributed by atoms with van der Waals surface area (Å²) in [6.07, 6.45) is 0. The van der Waals surface area contributed by atoms with E-state index in [1.165, 1.54) is 18.2 Å². The number of carbonyl (C=O) groups excluding carboxylic acids is 1. The van der Waals surface area contributed by atoms with E-state index >= 15 is 0 Å². The van der Waals surface area contributed by atoms with Gasteiger partial charge in [-0.25, -0.2) is 9.07 Å². The molecule has 136 valence electrons. The lowest BCUT2D eigenvalue weighted by Gasteiger charge is -2.18. The zero-order valence-electron chi connectivity index (χ0n) is 14.2. The van der Waals surface area contributed by atoms with Crippen LogP contribution in [0.4, 0.5) is 4.39 Å². The summed E-state index contributed by atoms with van der Waals surface area (Å²) in [5, 5.41) is 4.14. The van der Waals surface area contributed by atoms with Gasteiger partial charge in [-0.05, 0) is 36.4 Å². The van der Waals surface area contributed by atoms with E-state index in [1.54, 1.807) is 36.4 Å². The van der Waals surface area contributed by atoms with E-state index < -0.39 is 11.4 Å². The summed E-state index contributed by atoms with van der Waals surface area (Å²) in [6.45, 7) is 0.611. The van der Waals surface area contributed by atoms with Gasteiger partial charge in [0.1, 0.15) is 25.6 Å². The molecule has 1 aliphatic heterocycles. The maximum absolute atomic E-state index is 14.0. The number of hydrogen-bond donors (Lipinski definition) is 0. The van der Waals surface area contributed by atoms with E-state index in [4.69, 9.17) is 9.47 Å². The lowest BCUT2D eigenvalue weighted by atomic mass is 10.1. The fraction of sp³-hybridized carbons (Fsp3) is 0.150. The molecule has 1 aromatic heterocycles. The quantitative estimate of drug-likeness (QED) is 0.664. The van der Waals surface area contributed by atoms with Crippen molar-refractivity contribution in [3.63, 3.8) is 0 Å². The van der Waals surface area contributed by atoms with Gasteiger partial charge in [-0.15, -0.1) is 0 Å². The lowest BCUT2D eigenvalue weighted by Crippen LogP contribution is -2.26. The van der Waals surface area contributed by atoms with Crippen LogP contribution in [0.1, 0.15) is 10.4 Å². The predicted molar refractivity (Wildman–Crippen MR) is 95.7 cm³/mol. The maximum Gasteiger partial charge on any atom is 0.267 e. The van der Waals surface area contributed by atoms with Crippen molar-refractivity contribution in [3.05, 3.63) is 76.3 Å². The minimum absolute atomic E-state index is 0.262. The number of ketones is 1. The first-order chi connectivity index (χ1) is 13.1. The number of halogens is 1. The van der Waals surface area contributed by atoms with Crippen molar-refractivity contribution < 1.29 is 18.7 Å². The summed E-state index contributed by atoms with van der Waals surface area (Å²) < 4.78 is 25.9. The van der Waals surface area contributed by atoms with Gasteiger partial charge in [0, 0.05) is 17.2 Å². The largest absolute Gasteiger partial charge is 0.486 e. The molecular formula is C20H15FN2O4. The summed E-state index contributed by atoms with van der Waals surface area (Å²) in [5.41, 5.74) is 0.478. The highest BCUT2D eigenvalue weighted by molar-refractivity contribution is 5.96. The molecule has 27 heavy (non-hydrogen) atoms. The van der Waals surface area contributed by atoms with Gasteiger partial charge in [0.25, 0.3) is 5.56 Å². The smallest absolute Gasteiger partial charge is 0.267 e. The number of rotatable bonds is 4. The molecule has 4 rings (SSSR count). The van der Waals surface area contributed by atoms with E-state index in [9.17, 15) is 14.0 Å². The third kappa shape index (κ3) is 3.44. The van der Waals surface area contributed by atoms with Crippen LogP contribution in [0, 0.1) is 5.82 Å². The van der Waals surface area contributed by atoms with Crippen LogP contribution in [0.15, 0.2) is 59.4 Å². The normalized spacial score (nSPS) is 12.6. The van der Waals surface area contributed by atoms with Crippen LogP contribution in [-0.4, -0.2) is 28.8 Å². The minimum atomic E-state index is -0.451. The Bertz CT molecular complexity index is 1080. The highest BCUT2D eigenvalue weighted by Gasteiger charge is 2.16. The van der Waals surface area contributed by atoms with Gasteiger partial charge >= 0.3 is 0 Å². The van der Waals surface area contributed by atoms with E-state index in [0.29, 0.717) is 30.3 Å². The Labute approximate surface area is 153 Å². The second-order valence-corrected chi connectivity index (χ2v) is 5.98. The third-order valence-electron chi connectivity index (χ3n) is 4.17. The van der Waals surface area contributed by atoms with Crippen molar-refractivity contribution >= 4 is 5.78 Å². The molecule has 0 bridgehead atoms. The molecule has 0 N–H and O–H groups in total. The van der Waals surface area contributed by atoms with Crippen LogP contribution in [0.25, 0.3) is 11.3 Å². The number of ether oxygens (including phenoxy) is 2. The fourth-order valence-corrected chi connectivity index (χ4v) is 2.82. The van der Waals surface area contributed by atoms with Crippen LogP contribution < -0.4 is 15.0 Å². The molecule has 2 aromatic carbocycles. The third-order valence-corrected chi connectivity index (χ3v) is 4.17. The van der Waals surface area contributed by atoms with Crippen molar-refractivity contribution in [2.75, 3.05) is 13.2 Å². The lowest BCUT2D eigenvalue weighted by molar-refractivity contribution is 0.0964. The number of nitrogens with zero attached hydrogens (tertiary/aromatic N) is 2. The molecular weight excluding hydrogens is 351 g/mol. The Morgan fingerprint density at radius 3 is 2.63 bits per heavy atom. The molecule has 3 aromatic rings. The van der Waals surface area contributed by atoms with Crippen molar-refractivity contribution in [2.45, 2.75) is 6.54 Å². The first-order valence-electron chi connectivity index (χ1n) is 8.38. The molecule has 0 amide bonds. The number of carbonyl (C=O) groups is 1. The molecule has 1 aliphatic rings. The molecule has 0 unspecified atom stereocenters. The van der Waals surface area contributed by atoms with Crippen LogP contribution in [0.5, 0.6) is 11.5 Å². The number of hydrogen-bond acceptors (Lipinski definition) is 5. The Balaban J connectivity index is 1.62. The number of Topliss-reactive ketones (excluding diaryl/α,β-unsaturated/α-hetero) is 1. The van der Waals surface area contributed by atoms with Crippen LogP contribution in [0.2, 0.25) is 0 Å². The van der Waals surface area contributed by atoms with Crippen molar-refractivity contribution in [1.82, 2.24) is 9.78 Å². The van der Waals surface area contributed by atoms with E-state index in [1.807, 2.05) is 0 Å². The summed E-state index contributed by atoms with van der Waals surface area (Å²) in [7, 11) is 0. The highest BCUT2D eigenvalue weighted by Crippen LogP contribution is 2.31. The molecule has 0 saturated heterocycles. The zero-order valence-corrected chi connectivity index (χ0v) is 14.2. The van der Waals surface area contributed by atoms with Crippen molar-refractivity contribution in [1.29, 1.82) is 0 Å². The molecule has 0 atom stereocenters. The van der Waals surface area contributed by atoms with Gasteiger partial charge < -0.3 is 9.47 Å². The van der Waals surface area contributed by atoms with Gasteiger partial charge in [0.2, 0.25) is 0 Å². The first-order valence-corrected chi connectivity index (χ1v) is 8.38. The molecule has 0 radical (unpaired) electrons. The number of aromatic nitrogens is 2. The van der Waals surface area contributed by atoms with Gasteiger partial charge in [0.15, 0.2) is 17.3 Å². The van der Waals surface area contributed by atoms with Gasteiger partial charge in [-0.3, -0.25) is 9.59 Å². The standard InChI is InChI=1S/C20H15FN2O4/c21-15-4-2-1-3-14(15)16-6-8-20(25)23(22-16)12-17(24)13-5-7-18-19(11-13)27-10-9-26-18/h1-8,11H,9-10,12H2. The molecule has 0 fully saturated rings. The average Bonchev–Trinajstić information content (AvgIpc) is 2.70. The molecule has 6 nitrogen and oxygen atoms in total. The monoisotopic (exact) mass is 366 g/mol. The Hall–Kier alpha value is -3.48. The fourth-order valence-electron chi connectivity index (χ4n) is 2.82. The SMILES string of the molecule is O=C(Cn1nc(-c2ccccc2F)ccc1=O)c1ccc2c(c1)OCCO2. The van der Waals surface area contributed by atoms with Gasteiger partial charge in [-0.1, -0.05) is 12.1 Å². The molecule has 2 heterocycles. The minimum Gasteiger partial charge on any atom is -0.486 e. The number of benzene rings is 2. The van der Waals surface area contributed by atoms with Crippen LogP contribution >= 0.6 is 0 Å². The molecule has 0 saturated carbocycles. The average molecular weight is 366 g/mol. The van der Waals surface area contributed by atoms with Crippen LogP contribution in [-0.2, 0) is 6.54 Å². The Morgan fingerprint density at radius 1 is 1.04 bits per heavy atom. The molecule has 7 heteroatoms. The summed E-state index contributed by atoms with van der Waals surface area (Å²) in [6, 6.07) is 13.7. The number of fused-ring (bicyclic) bond motifs is 1. The van der Waals surface area contributed by atoms with Gasteiger partial charge in [-0.2, -0.15) is 5.10 Å². The van der Waals surface area contributed by atoms with Crippen molar-refractivity contribution in [3.8, 4) is 22.8 Å². The Morgan fingerprint density at radius 2 is 1.81 bits per heavy atom. The van der Waals surface area contributed by atoms with E-state index in [-0.39, 0.29) is 23.6 Å². The van der Waals surface area contributed by atoms with E-state index in [2.05, 4.69) is 5.10 Å². The predicted octanol–water partition coefficient (Wildman–Crippen LogP) is 2.70. The Kier molecular flexibility index (Phi) is 4.42.